The summed E-state index contributed by atoms with van der Waals surface area (Å²) in [5, 5.41) is 3.51. The predicted molar refractivity (Wildman–Crippen MR) is 155 cm³/mol. The number of carbonyl (C=O) groups excluding carboxylic acids is 2. The van der Waals surface area contributed by atoms with E-state index in [0.29, 0.717) is 10.6 Å². The summed E-state index contributed by atoms with van der Waals surface area (Å²) in [5.41, 5.74) is 1.19. The van der Waals surface area contributed by atoms with E-state index in [2.05, 4.69) is 5.32 Å². The standard InChI is InChI=1S/C30H33ClFN3O4S/c1-40(38,39)35(27-18-10-9-17-26(27)32)21-29(36)34(20-23-13-5-8-16-25(23)31)28(19-22-11-3-2-4-12-22)30(37)33-24-14-6-7-15-24/h2-5,8-13,16-18,24,28H,6-7,14-15,19-21H2,1H3,(H,33,37)/t28-/m0/s1. The van der Waals surface area contributed by atoms with Crippen molar-refractivity contribution < 1.29 is 22.4 Å². The molecule has 0 aliphatic heterocycles. The largest absolute Gasteiger partial charge is 0.352 e. The van der Waals surface area contributed by atoms with E-state index in [1.54, 1.807) is 24.3 Å². The van der Waals surface area contributed by atoms with Crippen molar-refractivity contribution in [3.63, 3.8) is 0 Å². The number of rotatable bonds is 11. The number of para-hydroxylation sites is 1. The van der Waals surface area contributed by atoms with Crippen molar-refractivity contribution in [2.45, 2.75) is 50.7 Å². The monoisotopic (exact) mass is 585 g/mol. The summed E-state index contributed by atoms with van der Waals surface area (Å²) >= 11 is 6.46. The molecular weight excluding hydrogens is 553 g/mol. The highest BCUT2D eigenvalue weighted by atomic mass is 35.5. The summed E-state index contributed by atoms with van der Waals surface area (Å²) in [5.74, 6) is -1.76. The highest BCUT2D eigenvalue weighted by Gasteiger charge is 2.35. The molecule has 2 amide bonds. The van der Waals surface area contributed by atoms with Crippen LogP contribution in [0.15, 0.2) is 78.9 Å². The minimum absolute atomic E-state index is 0.00831. The first-order chi connectivity index (χ1) is 19.1. The van der Waals surface area contributed by atoms with Gasteiger partial charge in [0.2, 0.25) is 21.8 Å². The van der Waals surface area contributed by atoms with Crippen molar-refractivity contribution in [1.29, 1.82) is 0 Å². The van der Waals surface area contributed by atoms with Crippen LogP contribution >= 0.6 is 11.6 Å². The van der Waals surface area contributed by atoms with Crippen LogP contribution in [0.1, 0.15) is 36.8 Å². The molecule has 1 atom stereocenters. The number of hydrogen-bond acceptors (Lipinski definition) is 4. The molecule has 0 bridgehead atoms. The van der Waals surface area contributed by atoms with Crippen molar-refractivity contribution in [1.82, 2.24) is 10.2 Å². The highest BCUT2D eigenvalue weighted by Crippen LogP contribution is 2.25. The molecule has 1 saturated carbocycles. The van der Waals surface area contributed by atoms with Gasteiger partial charge in [0.25, 0.3) is 0 Å². The minimum atomic E-state index is -4.05. The Balaban J connectivity index is 1.74. The molecule has 3 aromatic carbocycles. The van der Waals surface area contributed by atoms with Crippen molar-refractivity contribution in [2.24, 2.45) is 0 Å². The van der Waals surface area contributed by atoms with Gasteiger partial charge in [0, 0.05) is 24.0 Å². The van der Waals surface area contributed by atoms with Crippen LogP contribution in [-0.4, -0.2) is 50.0 Å². The van der Waals surface area contributed by atoms with Gasteiger partial charge in [-0.25, -0.2) is 12.8 Å². The Morgan fingerprint density at radius 3 is 2.25 bits per heavy atom. The molecule has 0 saturated heterocycles. The van der Waals surface area contributed by atoms with Gasteiger partial charge in [0.1, 0.15) is 18.4 Å². The molecule has 0 aromatic heterocycles. The predicted octanol–water partition coefficient (Wildman–Crippen LogP) is 4.94. The molecule has 0 spiro atoms. The van der Waals surface area contributed by atoms with Crippen molar-refractivity contribution in [3.8, 4) is 0 Å². The van der Waals surface area contributed by atoms with Crippen LogP contribution < -0.4 is 9.62 Å². The molecule has 4 rings (SSSR count). The van der Waals surface area contributed by atoms with Gasteiger partial charge in [0.15, 0.2) is 0 Å². The lowest BCUT2D eigenvalue weighted by molar-refractivity contribution is -0.140. The Morgan fingerprint density at radius 1 is 0.975 bits per heavy atom. The van der Waals surface area contributed by atoms with E-state index in [4.69, 9.17) is 11.6 Å². The van der Waals surface area contributed by atoms with E-state index in [-0.39, 0.29) is 30.6 Å². The highest BCUT2D eigenvalue weighted by molar-refractivity contribution is 7.92. The fraction of sp³-hybridized carbons (Fsp3) is 0.333. The van der Waals surface area contributed by atoms with Crippen LogP contribution in [0.25, 0.3) is 0 Å². The Labute approximate surface area is 240 Å². The lowest BCUT2D eigenvalue weighted by Crippen LogP contribution is -2.54. The number of benzene rings is 3. The van der Waals surface area contributed by atoms with Crippen LogP contribution in [0.5, 0.6) is 0 Å². The smallest absolute Gasteiger partial charge is 0.244 e. The van der Waals surface area contributed by atoms with Crippen molar-refractivity contribution >= 4 is 39.1 Å². The molecule has 1 fully saturated rings. The number of nitrogens with zero attached hydrogens (tertiary/aromatic N) is 2. The third kappa shape index (κ3) is 7.61. The van der Waals surface area contributed by atoms with Gasteiger partial charge < -0.3 is 10.2 Å². The number of nitrogens with one attached hydrogen (secondary N) is 1. The Morgan fingerprint density at radius 2 is 1.60 bits per heavy atom. The maximum Gasteiger partial charge on any atom is 0.244 e. The summed E-state index contributed by atoms with van der Waals surface area (Å²) < 4.78 is 41.0. The molecule has 40 heavy (non-hydrogen) atoms. The normalized spacial score (nSPS) is 14.5. The zero-order valence-corrected chi connectivity index (χ0v) is 23.9. The first-order valence-electron chi connectivity index (χ1n) is 13.2. The third-order valence-electron chi connectivity index (χ3n) is 7.07. The molecule has 0 radical (unpaired) electrons. The average Bonchev–Trinajstić information content (AvgIpc) is 3.43. The molecule has 0 heterocycles. The van der Waals surface area contributed by atoms with E-state index in [0.717, 1.165) is 47.9 Å². The van der Waals surface area contributed by atoms with Crippen molar-refractivity contribution in [3.05, 3.63) is 101 Å². The molecule has 1 N–H and O–H groups in total. The van der Waals surface area contributed by atoms with E-state index in [9.17, 15) is 22.4 Å². The van der Waals surface area contributed by atoms with Crippen LogP contribution in [0.2, 0.25) is 5.02 Å². The Kier molecular flexibility index (Phi) is 9.81. The second-order valence-corrected chi connectivity index (χ2v) is 12.3. The minimum Gasteiger partial charge on any atom is -0.352 e. The maximum atomic E-state index is 14.7. The first-order valence-corrected chi connectivity index (χ1v) is 15.5. The third-order valence-corrected chi connectivity index (χ3v) is 8.57. The van der Waals surface area contributed by atoms with Crippen molar-refractivity contribution in [2.75, 3.05) is 17.1 Å². The molecule has 212 valence electrons. The number of halogens is 2. The Hall–Kier alpha value is -3.43. The van der Waals surface area contributed by atoms with Gasteiger partial charge in [0.05, 0.1) is 11.9 Å². The molecule has 0 unspecified atom stereocenters. The number of anilines is 1. The summed E-state index contributed by atoms with van der Waals surface area (Å²) in [4.78, 5) is 29.2. The Bertz CT molecular complexity index is 1430. The lowest BCUT2D eigenvalue weighted by Gasteiger charge is -2.34. The zero-order valence-electron chi connectivity index (χ0n) is 22.3. The van der Waals surface area contributed by atoms with Gasteiger partial charge in [-0.2, -0.15) is 0 Å². The van der Waals surface area contributed by atoms with Crippen LogP contribution in [-0.2, 0) is 32.6 Å². The zero-order chi connectivity index (χ0) is 28.7. The van der Waals surface area contributed by atoms with Gasteiger partial charge in [-0.05, 0) is 42.2 Å². The fourth-order valence-electron chi connectivity index (χ4n) is 4.98. The summed E-state index contributed by atoms with van der Waals surface area (Å²) in [7, 11) is -4.05. The number of sulfonamides is 1. The van der Waals surface area contributed by atoms with Gasteiger partial charge in [-0.3, -0.25) is 13.9 Å². The number of carbonyl (C=O) groups is 2. The first kappa shape index (κ1) is 29.6. The molecular formula is C30H33ClFN3O4S. The van der Waals surface area contributed by atoms with Gasteiger partial charge >= 0.3 is 0 Å². The van der Waals surface area contributed by atoms with Crippen LogP contribution in [0.3, 0.4) is 0 Å². The summed E-state index contributed by atoms with van der Waals surface area (Å²) in [6, 6.07) is 20.7. The molecule has 10 heteroatoms. The van der Waals surface area contributed by atoms with Gasteiger partial charge in [-0.1, -0.05) is 85.1 Å². The SMILES string of the molecule is CS(=O)(=O)N(CC(=O)N(Cc1ccccc1Cl)[C@@H](Cc1ccccc1)C(=O)NC1CCCC1)c1ccccc1F. The second-order valence-electron chi connectivity index (χ2n) is 10.0. The van der Waals surface area contributed by atoms with E-state index >= 15 is 0 Å². The average molecular weight is 586 g/mol. The fourth-order valence-corrected chi connectivity index (χ4v) is 6.03. The number of hydrogen-bond donors (Lipinski definition) is 1. The van der Waals surface area contributed by atoms with E-state index in [1.165, 1.54) is 23.1 Å². The van der Waals surface area contributed by atoms with E-state index in [1.807, 2.05) is 30.3 Å². The second kappa shape index (κ2) is 13.3. The molecule has 1 aliphatic rings. The van der Waals surface area contributed by atoms with Gasteiger partial charge in [-0.15, -0.1) is 0 Å². The number of amides is 2. The molecule has 3 aromatic rings. The molecule has 7 nitrogen and oxygen atoms in total. The lowest BCUT2D eigenvalue weighted by atomic mass is 10.0. The quantitative estimate of drug-likeness (QED) is 0.345. The van der Waals surface area contributed by atoms with Crippen LogP contribution in [0, 0.1) is 5.82 Å². The topological polar surface area (TPSA) is 86.8 Å². The van der Waals surface area contributed by atoms with E-state index < -0.39 is 34.3 Å². The summed E-state index contributed by atoms with van der Waals surface area (Å²) in [6.07, 6.45) is 4.87. The molecule has 1 aliphatic carbocycles. The maximum absolute atomic E-state index is 14.7. The van der Waals surface area contributed by atoms with Crippen LogP contribution in [0.4, 0.5) is 10.1 Å². The summed E-state index contributed by atoms with van der Waals surface area (Å²) in [6.45, 7) is -0.727.